The number of rotatable bonds is 8. The van der Waals surface area contributed by atoms with E-state index in [0.717, 1.165) is 24.7 Å². The summed E-state index contributed by atoms with van der Waals surface area (Å²) in [6.45, 7) is -0.652. The molecule has 2 rings (SSSR count). The van der Waals surface area contributed by atoms with Crippen molar-refractivity contribution in [1.29, 1.82) is 0 Å². The summed E-state index contributed by atoms with van der Waals surface area (Å²) < 4.78 is 73.1. The van der Waals surface area contributed by atoms with Crippen LogP contribution in [0.15, 0.2) is 0 Å². The van der Waals surface area contributed by atoms with Crippen molar-refractivity contribution in [1.82, 2.24) is 0 Å². The maximum absolute atomic E-state index is 13.3. The smallest absolute Gasteiger partial charge is 0.400 e. The van der Waals surface area contributed by atoms with E-state index < -0.39 is 40.5 Å². The topological polar surface area (TPSA) is 80.7 Å². The molecule has 1 N–H and O–H groups in total. The Morgan fingerprint density at radius 1 is 1.20 bits per heavy atom. The van der Waals surface area contributed by atoms with E-state index in [0.29, 0.717) is 12.3 Å². The third-order valence-corrected chi connectivity index (χ3v) is 6.27. The fourth-order valence-electron chi connectivity index (χ4n) is 4.11. The highest BCUT2D eigenvalue weighted by Crippen LogP contribution is 2.43. The molecule has 9 heteroatoms. The molecule has 0 amide bonds. The van der Waals surface area contributed by atoms with Crippen LogP contribution in [0.3, 0.4) is 0 Å². The number of fused-ring (bicyclic) bond motifs is 2. The number of carbonyl (C=O) groups is 1. The van der Waals surface area contributed by atoms with Gasteiger partial charge in [-0.25, -0.2) is 4.39 Å². The van der Waals surface area contributed by atoms with Gasteiger partial charge >= 0.3 is 21.3 Å². The lowest BCUT2D eigenvalue weighted by Gasteiger charge is -2.39. The first-order valence-corrected chi connectivity index (χ1v) is 10.2. The summed E-state index contributed by atoms with van der Waals surface area (Å²) in [7, 11) is -5.83. The zero-order valence-corrected chi connectivity index (χ0v) is 14.8. The van der Waals surface area contributed by atoms with Gasteiger partial charge in [-0.2, -0.15) is 17.2 Å². The molecule has 146 valence electrons. The highest BCUT2D eigenvalue weighted by atomic mass is 32.2. The third-order valence-electron chi connectivity index (χ3n) is 5.32. The van der Waals surface area contributed by atoms with Crippen molar-refractivity contribution in [3.8, 4) is 0 Å². The molecule has 0 aromatic rings. The minimum atomic E-state index is -5.83. The van der Waals surface area contributed by atoms with Crippen LogP contribution in [0.4, 0.5) is 13.2 Å². The van der Waals surface area contributed by atoms with Crippen LogP contribution >= 0.6 is 0 Å². The van der Waals surface area contributed by atoms with E-state index in [1.807, 2.05) is 0 Å². The van der Waals surface area contributed by atoms with Gasteiger partial charge in [0.05, 0.1) is 6.61 Å². The van der Waals surface area contributed by atoms with Crippen LogP contribution in [-0.2, 0) is 19.6 Å². The van der Waals surface area contributed by atoms with Gasteiger partial charge in [-0.1, -0.05) is 19.3 Å². The summed E-state index contributed by atoms with van der Waals surface area (Å²) in [4.78, 5) is 11.7. The summed E-state index contributed by atoms with van der Waals surface area (Å²) in [5, 5.41) is -4.90. The monoisotopic (exact) mass is 386 g/mol. The van der Waals surface area contributed by atoms with Crippen molar-refractivity contribution in [3.05, 3.63) is 0 Å². The first-order valence-electron chi connectivity index (χ1n) is 8.74. The minimum Gasteiger partial charge on any atom is -0.466 e. The molecule has 2 aliphatic rings. The predicted octanol–water partition coefficient (Wildman–Crippen LogP) is 3.74. The normalized spacial score (nSPS) is 28.4. The molecule has 5 nitrogen and oxygen atoms in total. The maximum atomic E-state index is 13.3. The second kappa shape index (κ2) is 8.24. The van der Waals surface area contributed by atoms with Gasteiger partial charge in [-0.3, -0.25) is 9.35 Å². The molecule has 2 bridgehead atoms. The molecule has 0 spiro atoms. The Morgan fingerprint density at radius 2 is 1.80 bits per heavy atom. The van der Waals surface area contributed by atoms with Gasteiger partial charge in [0, 0.05) is 12.8 Å². The van der Waals surface area contributed by atoms with Crippen LogP contribution in [0.5, 0.6) is 0 Å². The summed E-state index contributed by atoms with van der Waals surface area (Å²) in [5.41, 5.74) is 0. The first-order chi connectivity index (χ1) is 11.6. The number of hydrogen-bond donors (Lipinski definition) is 1. The molecular weight excluding hydrogens is 361 g/mol. The number of ether oxygens (including phenoxy) is 1. The Kier molecular flexibility index (Phi) is 6.75. The number of halogens is 3. The van der Waals surface area contributed by atoms with Gasteiger partial charge in [0.15, 0.2) is 6.17 Å². The molecule has 25 heavy (non-hydrogen) atoms. The van der Waals surface area contributed by atoms with Crippen molar-refractivity contribution in [2.75, 3.05) is 6.61 Å². The zero-order chi connectivity index (χ0) is 18.7. The molecule has 0 aliphatic heterocycles. The van der Waals surface area contributed by atoms with Crippen molar-refractivity contribution < 1.29 is 35.7 Å². The van der Waals surface area contributed by atoms with Crippen LogP contribution in [-0.4, -0.2) is 37.0 Å². The third kappa shape index (κ3) is 5.57. The Labute approximate surface area is 146 Å². The Balaban J connectivity index is 1.66. The largest absolute Gasteiger partial charge is 0.466 e. The average molecular weight is 386 g/mol. The van der Waals surface area contributed by atoms with Gasteiger partial charge < -0.3 is 4.74 Å². The van der Waals surface area contributed by atoms with Crippen molar-refractivity contribution in [2.24, 2.45) is 17.8 Å². The highest BCUT2D eigenvalue weighted by Gasteiger charge is 2.52. The second-order valence-corrected chi connectivity index (χ2v) is 8.78. The molecule has 0 saturated heterocycles. The van der Waals surface area contributed by atoms with Gasteiger partial charge in [0.2, 0.25) is 0 Å². The van der Waals surface area contributed by atoms with E-state index in [2.05, 4.69) is 0 Å². The summed E-state index contributed by atoms with van der Waals surface area (Å²) >= 11 is 0. The van der Waals surface area contributed by atoms with E-state index in [1.54, 1.807) is 0 Å². The van der Waals surface area contributed by atoms with E-state index in [4.69, 9.17) is 9.29 Å². The van der Waals surface area contributed by atoms with Crippen molar-refractivity contribution >= 4 is 16.1 Å². The molecule has 2 saturated carbocycles. The standard InChI is InChI=1S/C16H25F3O5S/c17-14(16(18,19)25(21,22)23)6-7-24-15(20)5-4-13-9-11-2-1-3-12(8-11)10-13/h11-14H,1-10H2,(H,21,22,23). The SMILES string of the molecule is O=C(CCC1CC2CCCC(C2)C1)OCCC(F)C(F)(F)S(=O)(=O)O. The number of hydrogen-bond acceptors (Lipinski definition) is 4. The Morgan fingerprint density at radius 3 is 2.36 bits per heavy atom. The lowest BCUT2D eigenvalue weighted by molar-refractivity contribution is -0.145. The number of carbonyl (C=O) groups excluding carboxylic acids is 1. The van der Waals surface area contributed by atoms with Crippen LogP contribution in [0.25, 0.3) is 0 Å². The van der Waals surface area contributed by atoms with Crippen LogP contribution < -0.4 is 0 Å². The Bertz CT molecular complexity index is 554. The molecular formula is C16H25F3O5S. The zero-order valence-electron chi connectivity index (χ0n) is 14.0. The Hall–Kier alpha value is -0.830. The maximum Gasteiger partial charge on any atom is 0.400 e. The van der Waals surface area contributed by atoms with E-state index in [-0.39, 0.29) is 6.42 Å². The van der Waals surface area contributed by atoms with Crippen molar-refractivity contribution in [2.45, 2.75) is 69.2 Å². The summed E-state index contributed by atoms with van der Waals surface area (Å²) in [5.74, 6) is 1.35. The van der Waals surface area contributed by atoms with Crippen LogP contribution in [0.1, 0.15) is 57.8 Å². The molecule has 0 heterocycles. The van der Waals surface area contributed by atoms with Crippen LogP contribution in [0.2, 0.25) is 0 Å². The first kappa shape index (κ1) is 20.5. The molecule has 0 aromatic heterocycles. The molecule has 0 aromatic carbocycles. The van der Waals surface area contributed by atoms with E-state index in [9.17, 15) is 26.4 Å². The van der Waals surface area contributed by atoms with Crippen molar-refractivity contribution in [3.63, 3.8) is 0 Å². The van der Waals surface area contributed by atoms with E-state index >= 15 is 0 Å². The molecule has 3 atom stereocenters. The molecule has 0 radical (unpaired) electrons. The fourth-order valence-corrected chi connectivity index (χ4v) is 4.55. The second-order valence-electron chi connectivity index (χ2n) is 7.29. The lowest BCUT2D eigenvalue weighted by atomic mass is 9.67. The number of alkyl halides is 3. The van der Waals surface area contributed by atoms with Gasteiger partial charge in [-0.15, -0.1) is 0 Å². The quantitative estimate of drug-likeness (QED) is 0.508. The van der Waals surface area contributed by atoms with Crippen LogP contribution in [0, 0.1) is 17.8 Å². The average Bonchev–Trinajstić information content (AvgIpc) is 2.51. The van der Waals surface area contributed by atoms with Gasteiger partial charge in [-0.05, 0) is 43.4 Å². The molecule has 2 fully saturated rings. The number of esters is 1. The lowest BCUT2D eigenvalue weighted by Crippen LogP contribution is -2.39. The summed E-state index contributed by atoms with van der Waals surface area (Å²) in [6, 6.07) is 0. The van der Waals surface area contributed by atoms with Gasteiger partial charge in [0.1, 0.15) is 0 Å². The molecule has 2 aliphatic carbocycles. The predicted molar refractivity (Wildman–Crippen MR) is 84.4 cm³/mol. The van der Waals surface area contributed by atoms with Gasteiger partial charge in [0.25, 0.3) is 0 Å². The molecule has 3 unspecified atom stereocenters. The summed E-state index contributed by atoms with van der Waals surface area (Å²) in [6.07, 6.45) is 3.97. The van der Waals surface area contributed by atoms with E-state index in [1.165, 1.54) is 25.7 Å². The minimum absolute atomic E-state index is 0.149. The fraction of sp³-hybridized carbons (Fsp3) is 0.938. The highest BCUT2D eigenvalue weighted by molar-refractivity contribution is 7.86.